The molecule has 0 aromatic carbocycles. The van der Waals surface area contributed by atoms with Gasteiger partial charge in [-0.3, -0.25) is 4.98 Å². The summed E-state index contributed by atoms with van der Waals surface area (Å²) in [4.78, 5) is 8.78. The molecule has 0 fully saturated rings. The molecule has 0 aliphatic heterocycles. The fourth-order valence-corrected chi connectivity index (χ4v) is 1.99. The van der Waals surface area contributed by atoms with Gasteiger partial charge < -0.3 is 5.32 Å². The zero-order chi connectivity index (χ0) is 12.3. The van der Waals surface area contributed by atoms with Crippen LogP contribution in [0.15, 0.2) is 34.9 Å². The summed E-state index contributed by atoms with van der Waals surface area (Å²) in [5.74, 6) is 0. The molecule has 0 amide bonds. The normalized spacial score (nSPS) is 10.3. The molecule has 17 heavy (non-hydrogen) atoms. The maximum Gasteiger partial charge on any atom is 0.106 e. The minimum Gasteiger partial charge on any atom is -0.378 e. The molecule has 4 heteroatoms. The van der Waals surface area contributed by atoms with Crippen molar-refractivity contribution in [2.45, 2.75) is 20.4 Å². The van der Waals surface area contributed by atoms with Crippen molar-refractivity contribution >= 4 is 21.6 Å². The van der Waals surface area contributed by atoms with Crippen LogP contribution in [0.2, 0.25) is 0 Å². The zero-order valence-corrected chi connectivity index (χ0v) is 11.5. The van der Waals surface area contributed by atoms with Crippen molar-refractivity contribution in [2.24, 2.45) is 0 Å². The molecule has 2 heterocycles. The summed E-state index contributed by atoms with van der Waals surface area (Å²) in [6.45, 7) is 4.70. The van der Waals surface area contributed by atoms with Crippen LogP contribution in [0, 0.1) is 13.8 Å². The van der Waals surface area contributed by atoms with Crippen LogP contribution in [-0.4, -0.2) is 9.97 Å². The van der Waals surface area contributed by atoms with Crippen molar-refractivity contribution < 1.29 is 0 Å². The van der Waals surface area contributed by atoms with Crippen LogP contribution < -0.4 is 5.32 Å². The van der Waals surface area contributed by atoms with Gasteiger partial charge >= 0.3 is 0 Å². The van der Waals surface area contributed by atoms with Crippen LogP contribution in [0.3, 0.4) is 0 Å². The number of hydrogen-bond acceptors (Lipinski definition) is 3. The predicted molar refractivity (Wildman–Crippen MR) is 73.0 cm³/mol. The standard InChI is InChI=1S/C13H14BrN3/c1-9-6-7-12(10(2)16-9)15-8-11-4-3-5-13(14)17-11/h3-7,15H,8H2,1-2H3. The third-order valence-corrected chi connectivity index (χ3v) is 2.90. The van der Waals surface area contributed by atoms with Crippen LogP contribution >= 0.6 is 15.9 Å². The molecule has 0 atom stereocenters. The minimum absolute atomic E-state index is 0.699. The lowest BCUT2D eigenvalue weighted by Gasteiger charge is -2.09. The third-order valence-electron chi connectivity index (χ3n) is 2.46. The molecule has 0 saturated carbocycles. The Morgan fingerprint density at radius 2 is 1.94 bits per heavy atom. The lowest BCUT2D eigenvalue weighted by molar-refractivity contribution is 1.02. The van der Waals surface area contributed by atoms with Gasteiger partial charge in [0.2, 0.25) is 0 Å². The molecule has 0 unspecified atom stereocenters. The van der Waals surface area contributed by atoms with E-state index in [9.17, 15) is 0 Å². The number of anilines is 1. The van der Waals surface area contributed by atoms with Crippen molar-refractivity contribution in [1.82, 2.24) is 9.97 Å². The molecule has 0 spiro atoms. The number of rotatable bonds is 3. The topological polar surface area (TPSA) is 37.8 Å². The number of aryl methyl sites for hydroxylation is 2. The Morgan fingerprint density at radius 1 is 1.12 bits per heavy atom. The van der Waals surface area contributed by atoms with Crippen molar-refractivity contribution in [1.29, 1.82) is 0 Å². The average molecular weight is 292 g/mol. The van der Waals surface area contributed by atoms with Crippen LogP contribution in [0.25, 0.3) is 0 Å². The van der Waals surface area contributed by atoms with E-state index in [1.807, 2.05) is 38.1 Å². The van der Waals surface area contributed by atoms with E-state index in [-0.39, 0.29) is 0 Å². The third kappa shape index (κ3) is 3.27. The van der Waals surface area contributed by atoms with Gasteiger partial charge in [0.25, 0.3) is 0 Å². The molecular weight excluding hydrogens is 278 g/mol. The second kappa shape index (κ2) is 5.27. The lowest BCUT2D eigenvalue weighted by atomic mass is 10.2. The number of nitrogens with zero attached hydrogens (tertiary/aromatic N) is 2. The van der Waals surface area contributed by atoms with Gasteiger partial charge in [-0.25, -0.2) is 4.98 Å². The summed E-state index contributed by atoms with van der Waals surface area (Å²) in [5.41, 5.74) is 4.10. The highest BCUT2D eigenvalue weighted by molar-refractivity contribution is 9.10. The molecule has 0 bridgehead atoms. The molecule has 1 N–H and O–H groups in total. The van der Waals surface area contributed by atoms with Crippen LogP contribution in [0.4, 0.5) is 5.69 Å². The molecule has 88 valence electrons. The van der Waals surface area contributed by atoms with Crippen LogP contribution in [-0.2, 0) is 6.54 Å². The first-order chi connectivity index (χ1) is 8.15. The van der Waals surface area contributed by atoms with Crippen LogP contribution in [0.5, 0.6) is 0 Å². The maximum absolute atomic E-state index is 4.41. The molecule has 0 aliphatic carbocycles. The first-order valence-electron chi connectivity index (χ1n) is 5.45. The number of hydrogen-bond donors (Lipinski definition) is 1. The number of nitrogens with one attached hydrogen (secondary N) is 1. The molecule has 3 nitrogen and oxygen atoms in total. The van der Waals surface area contributed by atoms with Gasteiger partial charge in [-0.15, -0.1) is 0 Å². The van der Waals surface area contributed by atoms with Gasteiger partial charge in [0.1, 0.15) is 4.60 Å². The van der Waals surface area contributed by atoms with E-state index in [0.29, 0.717) is 6.54 Å². The Balaban J connectivity index is 2.07. The molecule has 0 saturated heterocycles. The highest BCUT2D eigenvalue weighted by Crippen LogP contribution is 2.14. The molecule has 2 aromatic heterocycles. The molecule has 2 rings (SSSR count). The summed E-state index contributed by atoms with van der Waals surface area (Å²) < 4.78 is 0.857. The fourth-order valence-electron chi connectivity index (χ4n) is 1.61. The van der Waals surface area contributed by atoms with Gasteiger partial charge in [-0.05, 0) is 54.0 Å². The van der Waals surface area contributed by atoms with Gasteiger partial charge in [-0.1, -0.05) is 6.07 Å². The van der Waals surface area contributed by atoms with Crippen molar-refractivity contribution in [3.63, 3.8) is 0 Å². The van der Waals surface area contributed by atoms with E-state index in [1.165, 1.54) is 0 Å². The Hall–Kier alpha value is -1.42. The first-order valence-corrected chi connectivity index (χ1v) is 6.24. The SMILES string of the molecule is Cc1ccc(NCc2cccc(Br)n2)c(C)n1. The highest BCUT2D eigenvalue weighted by Gasteiger charge is 2.00. The number of pyridine rings is 2. The van der Waals surface area contributed by atoms with E-state index >= 15 is 0 Å². The van der Waals surface area contributed by atoms with Gasteiger partial charge in [0, 0.05) is 5.69 Å². The lowest BCUT2D eigenvalue weighted by Crippen LogP contribution is -2.04. The monoisotopic (exact) mass is 291 g/mol. The smallest absolute Gasteiger partial charge is 0.106 e. The van der Waals surface area contributed by atoms with Crippen LogP contribution in [0.1, 0.15) is 17.1 Å². The summed E-state index contributed by atoms with van der Waals surface area (Å²) in [5, 5.41) is 3.34. The second-order valence-electron chi connectivity index (χ2n) is 3.89. The Bertz CT molecular complexity index is 526. The average Bonchev–Trinajstić information content (AvgIpc) is 2.28. The minimum atomic E-state index is 0.699. The summed E-state index contributed by atoms with van der Waals surface area (Å²) in [6, 6.07) is 9.95. The van der Waals surface area contributed by atoms with Gasteiger partial charge in [-0.2, -0.15) is 0 Å². The van der Waals surface area contributed by atoms with Gasteiger partial charge in [0.15, 0.2) is 0 Å². The van der Waals surface area contributed by atoms with E-state index in [4.69, 9.17) is 0 Å². The number of aromatic nitrogens is 2. The predicted octanol–water partition coefficient (Wildman–Crippen LogP) is 3.47. The number of halogens is 1. The van der Waals surface area contributed by atoms with Gasteiger partial charge in [0.05, 0.1) is 23.6 Å². The Morgan fingerprint density at radius 3 is 2.65 bits per heavy atom. The van der Waals surface area contributed by atoms with E-state index in [0.717, 1.165) is 27.4 Å². The zero-order valence-electron chi connectivity index (χ0n) is 9.87. The quantitative estimate of drug-likeness (QED) is 0.880. The van der Waals surface area contributed by atoms with E-state index in [2.05, 4.69) is 37.3 Å². The molecule has 0 aliphatic rings. The fraction of sp³-hybridized carbons (Fsp3) is 0.231. The Kier molecular flexibility index (Phi) is 3.74. The maximum atomic E-state index is 4.41. The highest BCUT2D eigenvalue weighted by atomic mass is 79.9. The molecule has 0 radical (unpaired) electrons. The van der Waals surface area contributed by atoms with Crippen molar-refractivity contribution in [2.75, 3.05) is 5.32 Å². The van der Waals surface area contributed by atoms with Crippen molar-refractivity contribution in [3.8, 4) is 0 Å². The summed E-state index contributed by atoms with van der Waals surface area (Å²) >= 11 is 3.36. The van der Waals surface area contributed by atoms with E-state index < -0.39 is 0 Å². The summed E-state index contributed by atoms with van der Waals surface area (Å²) in [7, 11) is 0. The molecule has 2 aromatic rings. The Labute approximate surface area is 109 Å². The first kappa shape index (κ1) is 12.0. The summed E-state index contributed by atoms with van der Waals surface area (Å²) in [6.07, 6.45) is 0. The van der Waals surface area contributed by atoms with Crippen molar-refractivity contribution in [3.05, 3.63) is 52.0 Å². The largest absolute Gasteiger partial charge is 0.378 e. The molecular formula is C13H14BrN3. The van der Waals surface area contributed by atoms with E-state index in [1.54, 1.807) is 0 Å². The second-order valence-corrected chi connectivity index (χ2v) is 4.70.